The lowest BCUT2D eigenvalue weighted by atomic mass is 10.0. The van der Waals surface area contributed by atoms with Gasteiger partial charge in [-0.15, -0.1) is 0 Å². The molecule has 1 aliphatic rings. The van der Waals surface area contributed by atoms with E-state index >= 15 is 0 Å². The molecule has 0 saturated heterocycles. The first-order valence-corrected chi connectivity index (χ1v) is 4.56. The van der Waals surface area contributed by atoms with Crippen molar-refractivity contribution in [2.45, 2.75) is 19.8 Å². The summed E-state index contributed by atoms with van der Waals surface area (Å²) < 4.78 is 0. The SMILES string of the molecule is C=C/N=C(/N)C1=C(NC)CC[C@H]1C. The van der Waals surface area contributed by atoms with Crippen LogP contribution in [0.25, 0.3) is 0 Å². The third-order valence-electron chi connectivity index (χ3n) is 2.45. The Bertz CT molecular complexity index is 263. The summed E-state index contributed by atoms with van der Waals surface area (Å²) >= 11 is 0. The summed E-state index contributed by atoms with van der Waals surface area (Å²) in [6, 6.07) is 0. The molecule has 3 N–H and O–H groups in total. The Hall–Kier alpha value is -1.25. The Kier molecular flexibility index (Phi) is 3.12. The summed E-state index contributed by atoms with van der Waals surface area (Å²) in [5.41, 5.74) is 8.20. The van der Waals surface area contributed by atoms with Gasteiger partial charge in [0.2, 0.25) is 0 Å². The molecule has 0 aromatic carbocycles. The van der Waals surface area contributed by atoms with E-state index in [0.717, 1.165) is 18.4 Å². The molecule has 0 radical (unpaired) electrons. The maximum absolute atomic E-state index is 5.83. The van der Waals surface area contributed by atoms with E-state index in [2.05, 4.69) is 23.8 Å². The van der Waals surface area contributed by atoms with Gasteiger partial charge in [-0.25, -0.2) is 4.99 Å². The molecule has 1 rings (SSSR count). The molecule has 0 unspecified atom stereocenters. The van der Waals surface area contributed by atoms with Crippen LogP contribution in [0.3, 0.4) is 0 Å². The highest BCUT2D eigenvalue weighted by atomic mass is 14.9. The molecule has 0 bridgehead atoms. The summed E-state index contributed by atoms with van der Waals surface area (Å²) in [4.78, 5) is 4.02. The van der Waals surface area contributed by atoms with Gasteiger partial charge >= 0.3 is 0 Å². The average Bonchev–Trinajstić information content (AvgIpc) is 2.47. The van der Waals surface area contributed by atoms with Crippen molar-refractivity contribution in [1.82, 2.24) is 5.32 Å². The summed E-state index contributed by atoms with van der Waals surface area (Å²) in [5.74, 6) is 1.11. The van der Waals surface area contributed by atoms with Crippen LogP contribution < -0.4 is 11.1 Å². The minimum atomic E-state index is 0.506. The maximum Gasteiger partial charge on any atom is 0.128 e. The van der Waals surface area contributed by atoms with Crippen molar-refractivity contribution in [3.05, 3.63) is 24.0 Å². The molecule has 0 heterocycles. The van der Waals surface area contributed by atoms with Crippen LogP contribution in [0.2, 0.25) is 0 Å². The molecule has 0 fully saturated rings. The number of rotatable bonds is 3. The van der Waals surface area contributed by atoms with Gasteiger partial charge in [-0.2, -0.15) is 0 Å². The van der Waals surface area contributed by atoms with Crippen LogP contribution in [0.5, 0.6) is 0 Å². The molecular weight excluding hydrogens is 162 g/mol. The van der Waals surface area contributed by atoms with Gasteiger partial charge in [-0.3, -0.25) is 0 Å². The summed E-state index contributed by atoms with van der Waals surface area (Å²) in [5, 5.41) is 3.17. The zero-order valence-electron chi connectivity index (χ0n) is 8.30. The molecule has 3 nitrogen and oxygen atoms in total. The van der Waals surface area contributed by atoms with Crippen molar-refractivity contribution in [1.29, 1.82) is 0 Å². The van der Waals surface area contributed by atoms with Gasteiger partial charge in [0.15, 0.2) is 0 Å². The lowest BCUT2D eigenvalue weighted by Gasteiger charge is -2.09. The topological polar surface area (TPSA) is 50.4 Å². The van der Waals surface area contributed by atoms with E-state index in [9.17, 15) is 0 Å². The third-order valence-corrected chi connectivity index (χ3v) is 2.45. The smallest absolute Gasteiger partial charge is 0.128 e. The molecule has 0 saturated carbocycles. The van der Waals surface area contributed by atoms with E-state index in [0.29, 0.717) is 11.8 Å². The van der Waals surface area contributed by atoms with Crippen LogP contribution in [0.4, 0.5) is 0 Å². The lowest BCUT2D eigenvalue weighted by Crippen LogP contribution is -2.20. The lowest BCUT2D eigenvalue weighted by molar-refractivity contribution is 0.680. The second kappa shape index (κ2) is 4.12. The van der Waals surface area contributed by atoms with Crippen molar-refractivity contribution in [2.75, 3.05) is 7.05 Å². The van der Waals surface area contributed by atoms with E-state index in [1.165, 1.54) is 11.9 Å². The van der Waals surface area contributed by atoms with Crippen molar-refractivity contribution >= 4 is 5.84 Å². The van der Waals surface area contributed by atoms with Gasteiger partial charge < -0.3 is 11.1 Å². The van der Waals surface area contributed by atoms with Gasteiger partial charge in [0, 0.05) is 24.5 Å². The number of nitrogens with zero attached hydrogens (tertiary/aromatic N) is 1. The number of nitrogens with two attached hydrogens (primary N) is 1. The Balaban J connectivity index is 2.97. The van der Waals surface area contributed by atoms with Gasteiger partial charge in [0.25, 0.3) is 0 Å². The molecule has 0 aliphatic heterocycles. The molecule has 72 valence electrons. The van der Waals surface area contributed by atoms with Gasteiger partial charge in [0.05, 0.1) is 0 Å². The zero-order chi connectivity index (χ0) is 9.84. The molecule has 0 aromatic rings. The highest BCUT2D eigenvalue weighted by molar-refractivity contribution is 5.98. The minimum Gasteiger partial charge on any atom is -0.391 e. The normalized spacial score (nSPS) is 23.5. The van der Waals surface area contributed by atoms with Crippen molar-refractivity contribution in [3.63, 3.8) is 0 Å². The molecule has 1 atom stereocenters. The number of hydrogen-bond donors (Lipinski definition) is 2. The highest BCUT2D eigenvalue weighted by Gasteiger charge is 2.23. The standard InChI is InChI=1S/C10H17N3/c1-4-13-10(11)9-7(2)5-6-8(9)12-3/h4,7,12H,1,5-6H2,2-3H3,(H2,11,13)/t7-/m1/s1. The van der Waals surface area contributed by atoms with Gasteiger partial charge in [-0.05, 0) is 18.8 Å². The summed E-state index contributed by atoms with van der Waals surface area (Å²) in [7, 11) is 1.93. The van der Waals surface area contributed by atoms with Crippen LogP contribution >= 0.6 is 0 Å². The second-order valence-corrected chi connectivity index (χ2v) is 3.28. The Morgan fingerprint density at radius 1 is 1.77 bits per heavy atom. The van der Waals surface area contributed by atoms with Crippen LogP contribution in [0.1, 0.15) is 19.8 Å². The predicted octanol–water partition coefficient (Wildman–Crippen LogP) is 1.39. The Morgan fingerprint density at radius 2 is 2.46 bits per heavy atom. The number of aliphatic imine (C=N–C) groups is 1. The number of amidine groups is 1. The maximum atomic E-state index is 5.83. The van der Waals surface area contributed by atoms with Crippen molar-refractivity contribution in [2.24, 2.45) is 16.6 Å². The van der Waals surface area contributed by atoms with Gasteiger partial charge in [-0.1, -0.05) is 13.5 Å². The van der Waals surface area contributed by atoms with E-state index in [1.807, 2.05) is 7.05 Å². The molecule has 0 spiro atoms. The van der Waals surface area contributed by atoms with Crippen molar-refractivity contribution < 1.29 is 0 Å². The quantitative estimate of drug-likeness (QED) is 0.508. The largest absolute Gasteiger partial charge is 0.391 e. The minimum absolute atomic E-state index is 0.506. The van der Waals surface area contributed by atoms with Crippen molar-refractivity contribution in [3.8, 4) is 0 Å². The Labute approximate surface area is 79.4 Å². The fourth-order valence-electron chi connectivity index (χ4n) is 1.77. The molecular formula is C10H17N3. The van der Waals surface area contributed by atoms with Gasteiger partial charge in [0.1, 0.15) is 5.84 Å². The fourth-order valence-corrected chi connectivity index (χ4v) is 1.77. The van der Waals surface area contributed by atoms with Crippen LogP contribution in [0, 0.1) is 5.92 Å². The first-order chi connectivity index (χ1) is 6.20. The summed E-state index contributed by atoms with van der Waals surface area (Å²) in [6.07, 6.45) is 3.71. The number of allylic oxidation sites excluding steroid dienone is 1. The average molecular weight is 179 g/mol. The predicted molar refractivity (Wildman–Crippen MR) is 56.3 cm³/mol. The van der Waals surface area contributed by atoms with E-state index < -0.39 is 0 Å². The van der Waals surface area contributed by atoms with Crippen LogP contribution in [0.15, 0.2) is 29.0 Å². The first-order valence-electron chi connectivity index (χ1n) is 4.56. The van der Waals surface area contributed by atoms with E-state index in [4.69, 9.17) is 5.73 Å². The monoisotopic (exact) mass is 179 g/mol. The van der Waals surface area contributed by atoms with E-state index in [-0.39, 0.29) is 0 Å². The second-order valence-electron chi connectivity index (χ2n) is 3.28. The fraction of sp³-hybridized carbons (Fsp3) is 0.500. The summed E-state index contributed by atoms with van der Waals surface area (Å²) in [6.45, 7) is 5.71. The third kappa shape index (κ3) is 1.91. The molecule has 0 aromatic heterocycles. The highest BCUT2D eigenvalue weighted by Crippen LogP contribution is 2.29. The number of nitrogens with one attached hydrogen (secondary N) is 1. The molecule has 0 amide bonds. The Morgan fingerprint density at radius 3 is 3.00 bits per heavy atom. The van der Waals surface area contributed by atoms with Crippen LogP contribution in [-0.4, -0.2) is 12.9 Å². The zero-order valence-corrected chi connectivity index (χ0v) is 8.30. The van der Waals surface area contributed by atoms with E-state index in [1.54, 1.807) is 0 Å². The molecule has 13 heavy (non-hydrogen) atoms. The first kappa shape index (κ1) is 9.84. The molecule has 1 aliphatic carbocycles. The van der Waals surface area contributed by atoms with Crippen LogP contribution in [-0.2, 0) is 0 Å². The number of hydrogen-bond acceptors (Lipinski definition) is 2. The molecule has 3 heteroatoms.